The molecule has 1 N–H and O–H groups in total. The predicted octanol–water partition coefficient (Wildman–Crippen LogP) is 6.08. The summed E-state index contributed by atoms with van der Waals surface area (Å²) < 4.78 is 30.7. The van der Waals surface area contributed by atoms with Crippen molar-refractivity contribution in [3.05, 3.63) is 0 Å². The van der Waals surface area contributed by atoms with Gasteiger partial charge < -0.3 is 10.2 Å². The van der Waals surface area contributed by atoms with Crippen LogP contribution in [0.5, 0.6) is 0 Å². The molecule has 0 aromatic heterocycles. The van der Waals surface area contributed by atoms with Crippen LogP contribution in [-0.4, -0.2) is 81.9 Å². The lowest BCUT2D eigenvalue weighted by Gasteiger charge is -2.38. The van der Waals surface area contributed by atoms with Gasteiger partial charge in [-0.2, -0.15) is 0 Å². The van der Waals surface area contributed by atoms with E-state index in [1.54, 1.807) is 0 Å². The normalized spacial score (nSPS) is 33.6. The van der Waals surface area contributed by atoms with Crippen molar-refractivity contribution in [2.24, 2.45) is 52.3 Å². The molecule has 54 heavy (non-hydrogen) atoms. The van der Waals surface area contributed by atoms with Gasteiger partial charge in [0, 0.05) is 74.9 Å². The molecule has 0 aromatic carbocycles. The maximum Gasteiger partial charge on any atom is 0.287 e. The van der Waals surface area contributed by atoms with Crippen molar-refractivity contribution in [3.8, 4) is 0 Å². The van der Waals surface area contributed by atoms with Gasteiger partial charge in [-0.15, -0.1) is 0 Å². The van der Waals surface area contributed by atoms with E-state index in [9.17, 15) is 33.6 Å². The third-order valence-electron chi connectivity index (χ3n) is 14.1. The number of imide groups is 1. The Bertz CT molecular complexity index is 1510. The number of nitrogens with zero attached hydrogens (tertiary/aromatic N) is 2. The molecule has 2 unspecified atom stereocenters. The molecule has 2 bridgehead atoms. The number of piperidine rings is 2. The van der Waals surface area contributed by atoms with Gasteiger partial charge in [-0.3, -0.25) is 38.5 Å². The Balaban J connectivity index is 1.22. The van der Waals surface area contributed by atoms with E-state index >= 15 is 8.78 Å². The molecule has 6 aliphatic rings. The number of ketones is 3. The highest BCUT2D eigenvalue weighted by atomic mass is 19.3. The first-order valence-electron chi connectivity index (χ1n) is 20.7. The summed E-state index contributed by atoms with van der Waals surface area (Å²) in [4.78, 5) is 98.3. The number of hydrogen-bond donors (Lipinski definition) is 1. The van der Waals surface area contributed by atoms with E-state index in [1.807, 2.05) is 34.6 Å². The van der Waals surface area contributed by atoms with E-state index in [0.29, 0.717) is 44.9 Å². The summed E-state index contributed by atoms with van der Waals surface area (Å²) in [5.74, 6) is -8.69. The molecular weight excluding hydrogens is 696 g/mol. The van der Waals surface area contributed by atoms with Gasteiger partial charge in [0.1, 0.15) is 5.78 Å². The number of hydrogen-bond acceptors (Lipinski definition) is 7. The van der Waals surface area contributed by atoms with E-state index in [1.165, 1.54) is 9.80 Å². The molecular formula is C42H61F2N3O7. The van der Waals surface area contributed by atoms with Gasteiger partial charge in [0.05, 0.1) is 6.04 Å². The number of rotatable bonds is 9. The molecule has 8 atom stereocenters. The number of likely N-dealkylation sites (tertiary alicyclic amines) is 1. The Morgan fingerprint density at radius 3 is 2.13 bits per heavy atom. The smallest absolute Gasteiger partial charge is 0.287 e. The van der Waals surface area contributed by atoms with Crippen molar-refractivity contribution in [2.45, 2.75) is 155 Å². The molecule has 0 aromatic rings. The number of alkyl halides is 2. The van der Waals surface area contributed by atoms with Crippen LogP contribution in [-0.2, 0) is 33.6 Å². The first-order valence-corrected chi connectivity index (χ1v) is 20.7. The maximum absolute atomic E-state index is 15.4. The molecule has 6 fully saturated rings. The average Bonchev–Trinajstić information content (AvgIpc) is 3.83. The molecule has 4 amide bonds. The molecule has 3 aliphatic heterocycles. The lowest BCUT2D eigenvalue weighted by atomic mass is 9.76. The van der Waals surface area contributed by atoms with E-state index in [4.69, 9.17) is 0 Å². The largest absolute Gasteiger partial charge is 0.347 e. The first-order chi connectivity index (χ1) is 25.3. The minimum Gasteiger partial charge on any atom is -0.347 e. The van der Waals surface area contributed by atoms with Crippen LogP contribution in [0.3, 0.4) is 0 Å². The van der Waals surface area contributed by atoms with Crippen LogP contribution in [0, 0.1) is 52.3 Å². The summed E-state index contributed by atoms with van der Waals surface area (Å²) in [6.45, 7) is 10.3. The number of Topliss-reactive ketones (excluding diaryl/α,β-unsaturated/α-hetero) is 3. The second-order valence-electron chi connectivity index (χ2n) is 19.4. The number of nitrogens with one attached hydrogen (secondary N) is 1. The fraction of sp³-hybridized carbons (Fsp3) is 0.833. The first kappa shape index (κ1) is 40.6. The quantitative estimate of drug-likeness (QED) is 0.223. The van der Waals surface area contributed by atoms with Crippen molar-refractivity contribution in [1.29, 1.82) is 0 Å². The molecule has 3 saturated carbocycles. The van der Waals surface area contributed by atoms with Crippen molar-refractivity contribution in [3.63, 3.8) is 0 Å². The molecule has 12 heteroatoms. The molecule has 0 spiro atoms. The standard InChI is InChI=1S/C42H61F2N3O7/c1-40(2,3)28(22-47-38(53)25-11-12-26(18-25)39(47)54)21-30(48)19-27-15-17-42(43,44)16-9-7-6-8-10-24(35(50)36(51)45-29-13-14-29)20-32(49)34-33-31(41(33,4)5)23-46(34)37(27)52/h24-29,31,33-34H,6-23H2,1-5H3,(H,45,51)/t24-,25?,26?,27-,28-,31+,33+,34-/m1/s1. The number of halogens is 2. The molecule has 300 valence electrons. The third-order valence-corrected chi connectivity index (χ3v) is 14.1. The van der Waals surface area contributed by atoms with Crippen LogP contribution in [0.4, 0.5) is 8.78 Å². The van der Waals surface area contributed by atoms with Gasteiger partial charge in [-0.1, -0.05) is 53.9 Å². The van der Waals surface area contributed by atoms with Crippen molar-refractivity contribution in [1.82, 2.24) is 15.1 Å². The van der Waals surface area contributed by atoms with Gasteiger partial charge >= 0.3 is 0 Å². The molecule has 3 heterocycles. The fourth-order valence-corrected chi connectivity index (χ4v) is 10.1. The third kappa shape index (κ3) is 8.82. The summed E-state index contributed by atoms with van der Waals surface area (Å²) in [6.07, 6.45) is 4.11. The Morgan fingerprint density at radius 1 is 0.852 bits per heavy atom. The Hall–Kier alpha value is -3.05. The summed E-state index contributed by atoms with van der Waals surface area (Å²) in [6, 6.07) is -0.886. The SMILES string of the molecule is CC(C)(C)[C@H](CC(=O)C[C@H]1CCC(F)(F)CCCCCC[C@@H](C(=O)C(=O)NC2CC2)CC(=O)[C@@H]2[C@@H]3[C@H](CN2C1=O)C3(C)C)CN1C(=O)C2CCC(C2)C1=O. The van der Waals surface area contributed by atoms with Gasteiger partial charge in [0.25, 0.3) is 5.91 Å². The average molecular weight is 758 g/mol. The van der Waals surface area contributed by atoms with Gasteiger partial charge in [-0.25, -0.2) is 8.78 Å². The Morgan fingerprint density at radius 2 is 1.50 bits per heavy atom. The number of carbonyl (C=O) groups is 7. The fourth-order valence-electron chi connectivity index (χ4n) is 10.1. The highest BCUT2D eigenvalue weighted by Crippen LogP contribution is 2.65. The highest BCUT2D eigenvalue weighted by Gasteiger charge is 2.69. The minimum absolute atomic E-state index is 0.0165. The number of fused-ring (bicyclic) bond motifs is 5. The lowest BCUT2D eigenvalue weighted by Crippen LogP contribution is -2.50. The monoisotopic (exact) mass is 757 g/mol. The van der Waals surface area contributed by atoms with Crippen LogP contribution >= 0.6 is 0 Å². The summed E-state index contributed by atoms with van der Waals surface area (Å²) in [7, 11) is 0. The zero-order valence-electron chi connectivity index (χ0n) is 32.9. The van der Waals surface area contributed by atoms with Crippen LogP contribution in [0.15, 0.2) is 0 Å². The highest BCUT2D eigenvalue weighted by molar-refractivity contribution is 6.37. The number of amides is 4. The number of carbonyl (C=O) groups excluding carboxylic acids is 7. The van der Waals surface area contributed by atoms with Crippen LogP contribution < -0.4 is 5.32 Å². The van der Waals surface area contributed by atoms with E-state index in [0.717, 1.165) is 12.8 Å². The second kappa shape index (κ2) is 15.5. The molecule has 10 nitrogen and oxygen atoms in total. The van der Waals surface area contributed by atoms with Crippen molar-refractivity contribution in [2.75, 3.05) is 13.1 Å². The molecule has 3 saturated heterocycles. The Labute approximate surface area is 318 Å². The topological polar surface area (TPSA) is 138 Å². The van der Waals surface area contributed by atoms with Crippen molar-refractivity contribution < 1.29 is 42.3 Å². The predicted molar refractivity (Wildman–Crippen MR) is 196 cm³/mol. The zero-order chi connectivity index (χ0) is 39.3. The zero-order valence-corrected chi connectivity index (χ0v) is 32.9. The molecule has 0 radical (unpaired) electrons. The minimum atomic E-state index is -3.05. The van der Waals surface area contributed by atoms with E-state index in [-0.39, 0.29) is 110 Å². The van der Waals surface area contributed by atoms with Gasteiger partial charge in [0.2, 0.25) is 29.4 Å². The summed E-state index contributed by atoms with van der Waals surface area (Å²) >= 11 is 0. The molecule has 6 rings (SSSR count). The van der Waals surface area contributed by atoms with Gasteiger partial charge in [0.15, 0.2) is 5.78 Å². The Kier molecular flexibility index (Phi) is 11.6. The molecule has 3 aliphatic carbocycles. The van der Waals surface area contributed by atoms with Crippen LogP contribution in [0.1, 0.15) is 137 Å². The summed E-state index contributed by atoms with van der Waals surface area (Å²) in [5, 5.41) is 2.74. The van der Waals surface area contributed by atoms with E-state index in [2.05, 4.69) is 5.32 Å². The van der Waals surface area contributed by atoms with Gasteiger partial charge in [-0.05, 0) is 80.0 Å². The van der Waals surface area contributed by atoms with Crippen LogP contribution in [0.2, 0.25) is 0 Å². The lowest BCUT2D eigenvalue weighted by molar-refractivity contribution is -0.154. The summed E-state index contributed by atoms with van der Waals surface area (Å²) in [5.41, 5.74) is -0.713. The second-order valence-corrected chi connectivity index (χ2v) is 19.4. The van der Waals surface area contributed by atoms with E-state index < -0.39 is 59.2 Å². The van der Waals surface area contributed by atoms with Crippen LogP contribution in [0.25, 0.3) is 0 Å². The maximum atomic E-state index is 15.4. The van der Waals surface area contributed by atoms with Crippen molar-refractivity contribution >= 4 is 41.0 Å².